The molecule has 2 aliphatic heterocycles. The molecule has 0 saturated carbocycles. The zero-order valence-corrected chi connectivity index (χ0v) is 13.3. The maximum Gasteiger partial charge on any atom is 0.397 e. The summed E-state index contributed by atoms with van der Waals surface area (Å²) in [6, 6.07) is 0. The minimum atomic E-state index is -4.48. The van der Waals surface area contributed by atoms with E-state index in [1.54, 1.807) is 20.8 Å². The first-order chi connectivity index (χ1) is 9.80. The molecule has 2 heterocycles. The molecule has 1 N–H and O–H groups in total. The Bertz CT molecular complexity index is 404. The number of aliphatic hydroxyl groups is 1. The van der Waals surface area contributed by atoms with Gasteiger partial charge in [0, 0.05) is 5.92 Å². The van der Waals surface area contributed by atoms with Crippen molar-refractivity contribution in [1.82, 2.24) is 0 Å². The number of rotatable bonds is 4. The Kier molecular flexibility index (Phi) is 4.56. The largest absolute Gasteiger partial charge is 0.397 e. The number of hydrogen-bond donors (Lipinski definition) is 1. The molecule has 2 fully saturated rings. The van der Waals surface area contributed by atoms with E-state index in [2.05, 4.69) is 0 Å². The lowest BCUT2D eigenvalue weighted by Gasteiger charge is -2.31. The van der Waals surface area contributed by atoms with Crippen LogP contribution in [0.25, 0.3) is 0 Å². The molecule has 8 heteroatoms. The van der Waals surface area contributed by atoms with Gasteiger partial charge < -0.3 is 24.1 Å². The number of fused-ring (bicyclic) bond motifs is 1. The standard InChI is InChI=1S/C14H23F3O5/c1-7(6-19-12(2,3)18)9-8(14(15,16)17)10-11(20-9)22-13(4,5)21-10/h7-11,18H,6H2,1-5H3/t7?,8-,9+,10+,11+/m0/s1. The Hall–Kier alpha value is -0.410. The van der Waals surface area contributed by atoms with Crippen LogP contribution in [-0.2, 0) is 18.9 Å². The van der Waals surface area contributed by atoms with Crippen molar-refractivity contribution in [3.05, 3.63) is 0 Å². The summed E-state index contributed by atoms with van der Waals surface area (Å²) >= 11 is 0. The third kappa shape index (κ3) is 3.91. The highest BCUT2D eigenvalue weighted by Crippen LogP contribution is 2.49. The van der Waals surface area contributed by atoms with E-state index in [0.29, 0.717) is 0 Å². The van der Waals surface area contributed by atoms with Gasteiger partial charge in [0.25, 0.3) is 0 Å². The molecule has 22 heavy (non-hydrogen) atoms. The molecule has 2 saturated heterocycles. The molecule has 0 aliphatic carbocycles. The van der Waals surface area contributed by atoms with E-state index in [0.717, 1.165) is 0 Å². The van der Waals surface area contributed by atoms with Crippen molar-refractivity contribution in [2.45, 2.75) is 70.9 Å². The van der Waals surface area contributed by atoms with Crippen LogP contribution in [0.5, 0.6) is 0 Å². The molecule has 0 amide bonds. The zero-order chi connectivity index (χ0) is 16.9. The van der Waals surface area contributed by atoms with Gasteiger partial charge in [-0.15, -0.1) is 0 Å². The second kappa shape index (κ2) is 5.59. The number of halogens is 3. The van der Waals surface area contributed by atoms with Crippen molar-refractivity contribution in [2.24, 2.45) is 11.8 Å². The Morgan fingerprint density at radius 1 is 1.23 bits per heavy atom. The first-order valence-corrected chi connectivity index (χ1v) is 7.24. The first kappa shape index (κ1) is 17.9. The molecule has 5 nitrogen and oxygen atoms in total. The molecule has 5 atom stereocenters. The van der Waals surface area contributed by atoms with E-state index >= 15 is 0 Å². The summed E-state index contributed by atoms with van der Waals surface area (Å²) in [6.45, 7) is 7.46. The molecule has 0 spiro atoms. The van der Waals surface area contributed by atoms with Gasteiger partial charge in [-0.2, -0.15) is 13.2 Å². The summed E-state index contributed by atoms with van der Waals surface area (Å²) < 4.78 is 61.7. The topological polar surface area (TPSA) is 57.2 Å². The molecule has 0 radical (unpaired) electrons. The molecule has 0 aromatic carbocycles. The third-order valence-corrected chi connectivity index (χ3v) is 3.73. The molecule has 1 unspecified atom stereocenters. The van der Waals surface area contributed by atoms with Gasteiger partial charge >= 0.3 is 6.18 Å². The van der Waals surface area contributed by atoms with Gasteiger partial charge in [0.2, 0.25) is 0 Å². The SMILES string of the molecule is CC(COC(C)(C)O)[C@H]1O[C@@H]2OC(C)(C)O[C@@H]2[C@H]1C(F)(F)F. The van der Waals surface area contributed by atoms with Crippen LogP contribution in [0.15, 0.2) is 0 Å². The fourth-order valence-electron chi connectivity index (χ4n) is 2.82. The lowest BCUT2D eigenvalue weighted by molar-refractivity contribution is -0.258. The van der Waals surface area contributed by atoms with Gasteiger partial charge in [-0.1, -0.05) is 6.92 Å². The third-order valence-electron chi connectivity index (χ3n) is 3.73. The lowest BCUT2D eigenvalue weighted by Crippen LogP contribution is -2.44. The van der Waals surface area contributed by atoms with E-state index in [9.17, 15) is 18.3 Å². The molecule has 0 aromatic heterocycles. The van der Waals surface area contributed by atoms with Crippen LogP contribution < -0.4 is 0 Å². The fourth-order valence-corrected chi connectivity index (χ4v) is 2.82. The second-order valence-corrected chi connectivity index (χ2v) is 6.87. The molecule has 2 rings (SSSR count). The summed E-state index contributed by atoms with van der Waals surface area (Å²) in [5.74, 6) is -4.89. The van der Waals surface area contributed by atoms with Crippen LogP contribution in [0.1, 0.15) is 34.6 Å². The molecule has 2 aliphatic rings. The van der Waals surface area contributed by atoms with Crippen molar-refractivity contribution in [3.63, 3.8) is 0 Å². The van der Waals surface area contributed by atoms with E-state index in [1.165, 1.54) is 13.8 Å². The molecular weight excluding hydrogens is 305 g/mol. The predicted molar refractivity (Wildman–Crippen MR) is 69.7 cm³/mol. The molecule has 130 valence electrons. The normalized spacial score (nSPS) is 36.4. The highest BCUT2D eigenvalue weighted by molar-refractivity contribution is 4.97. The van der Waals surface area contributed by atoms with Crippen LogP contribution in [0.2, 0.25) is 0 Å². The number of hydrogen-bond acceptors (Lipinski definition) is 5. The minimum absolute atomic E-state index is 0.0659. The van der Waals surface area contributed by atoms with Gasteiger partial charge in [-0.05, 0) is 27.7 Å². The molecular formula is C14H23F3O5. The van der Waals surface area contributed by atoms with Crippen molar-refractivity contribution in [3.8, 4) is 0 Å². The highest BCUT2D eigenvalue weighted by Gasteiger charge is 2.64. The van der Waals surface area contributed by atoms with E-state index < -0.39 is 48.1 Å². The fraction of sp³-hybridized carbons (Fsp3) is 1.00. The minimum Gasteiger partial charge on any atom is -0.366 e. The summed E-state index contributed by atoms with van der Waals surface area (Å²) in [5, 5.41) is 9.53. The van der Waals surface area contributed by atoms with Crippen LogP contribution >= 0.6 is 0 Å². The van der Waals surface area contributed by atoms with Crippen molar-refractivity contribution >= 4 is 0 Å². The summed E-state index contributed by atoms with van der Waals surface area (Å²) in [7, 11) is 0. The maximum absolute atomic E-state index is 13.4. The Morgan fingerprint density at radius 3 is 2.32 bits per heavy atom. The maximum atomic E-state index is 13.4. The number of ether oxygens (including phenoxy) is 4. The average Bonchev–Trinajstić information content (AvgIpc) is 2.74. The van der Waals surface area contributed by atoms with Crippen LogP contribution in [0.3, 0.4) is 0 Å². The Balaban J connectivity index is 2.11. The lowest BCUT2D eigenvalue weighted by atomic mass is 9.89. The van der Waals surface area contributed by atoms with Crippen LogP contribution in [0.4, 0.5) is 13.2 Å². The van der Waals surface area contributed by atoms with Gasteiger partial charge in [0.1, 0.15) is 12.0 Å². The summed E-state index contributed by atoms with van der Waals surface area (Å²) in [5.41, 5.74) is 0. The summed E-state index contributed by atoms with van der Waals surface area (Å²) in [6.07, 6.45) is -7.86. The van der Waals surface area contributed by atoms with E-state index in [-0.39, 0.29) is 6.61 Å². The van der Waals surface area contributed by atoms with Crippen molar-refractivity contribution < 1.29 is 37.2 Å². The average molecular weight is 328 g/mol. The Labute approximate surface area is 127 Å². The van der Waals surface area contributed by atoms with Gasteiger partial charge in [0.05, 0.1) is 12.7 Å². The van der Waals surface area contributed by atoms with Crippen molar-refractivity contribution in [2.75, 3.05) is 6.61 Å². The smallest absolute Gasteiger partial charge is 0.366 e. The van der Waals surface area contributed by atoms with Crippen molar-refractivity contribution in [1.29, 1.82) is 0 Å². The molecule has 0 aromatic rings. The second-order valence-electron chi connectivity index (χ2n) is 6.87. The summed E-state index contributed by atoms with van der Waals surface area (Å²) in [4.78, 5) is 0. The number of alkyl halides is 3. The van der Waals surface area contributed by atoms with Gasteiger partial charge in [-0.25, -0.2) is 0 Å². The van der Waals surface area contributed by atoms with Gasteiger partial charge in [0.15, 0.2) is 17.9 Å². The molecule has 0 bridgehead atoms. The van der Waals surface area contributed by atoms with E-state index in [1.807, 2.05) is 0 Å². The first-order valence-electron chi connectivity index (χ1n) is 7.24. The van der Waals surface area contributed by atoms with Crippen LogP contribution in [-0.4, -0.2) is 48.0 Å². The highest BCUT2D eigenvalue weighted by atomic mass is 19.4. The quantitative estimate of drug-likeness (QED) is 0.803. The van der Waals surface area contributed by atoms with E-state index in [4.69, 9.17) is 18.9 Å². The monoisotopic (exact) mass is 328 g/mol. The zero-order valence-electron chi connectivity index (χ0n) is 13.3. The van der Waals surface area contributed by atoms with Crippen LogP contribution in [0, 0.1) is 11.8 Å². The Morgan fingerprint density at radius 2 is 1.82 bits per heavy atom. The predicted octanol–water partition coefficient (Wildman–Crippen LogP) is 2.42. The van der Waals surface area contributed by atoms with Gasteiger partial charge in [-0.3, -0.25) is 0 Å².